The Morgan fingerprint density at radius 1 is 1.39 bits per heavy atom. The number of benzene rings is 1. The molecule has 1 heterocycles. The van der Waals surface area contributed by atoms with Gasteiger partial charge in [0.25, 0.3) is 0 Å². The molecule has 1 aromatic carbocycles. The Morgan fingerprint density at radius 2 is 2.13 bits per heavy atom. The maximum atomic E-state index is 11.9. The van der Waals surface area contributed by atoms with Gasteiger partial charge >= 0.3 is 12.1 Å². The number of alkyl carbamates (subject to hydrolysis) is 1. The number of carbonyl (C=O) groups is 2. The number of thiazole rings is 1. The average Bonchev–Trinajstić information content (AvgIpc) is 3.02. The van der Waals surface area contributed by atoms with E-state index in [2.05, 4.69) is 10.3 Å². The summed E-state index contributed by atoms with van der Waals surface area (Å²) in [6, 6.07) is 8.55. The van der Waals surface area contributed by atoms with E-state index in [1.54, 1.807) is 6.20 Å². The second kappa shape index (κ2) is 8.54. The molecule has 0 fully saturated rings. The minimum atomic E-state index is -1.01. The SMILES string of the molecule is CSc1cnc([C@@H](CC(=O)O)NC(=O)OCc2ccccc2)s1. The molecular weight excluding hydrogens is 336 g/mol. The fourth-order valence-electron chi connectivity index (χ4n) is 1.81. The maximum absolute atomic E-state index is 11.9. The zero-order chi connectivity index (χ0) is 16.7. The summed E-state index contributed by atoms with van der Waals surface area (Å²) in [4.78, 5) is 27.1. The molecule has 8 heteroatoms. The Bertz CT molecular complexity index is 661. The molecular formula is C15H16N2O4S2. The van der Waals surface area contributed by atoms with Crippen molar-refractivity contribution >= 4 is 35.2 Å². The zero-order valence-corrected chi connectivity index (χ0v) is 14.0. The Balaban J connectivity index is 1.96. The number of carboxylic acids is 1. The highest BCUT2D eigenvalue weighted by atomic mass is 32.2. The first-order valence-electron chi connectivity index (χ1n) is 6.77. The highest BCUT2D eigenvalue weighted by Gasteiger charge is 2.22. The number of nitrogens with zero attached hydrogens (tertiary/aromatic N) is 1. The van der Waals surface area contributed by atoms with Crippen LogP contribution in [-0.2, 0) is 16.1 Å². The highest BCUT2D eigenvalue weighted by Crippen LogP contribution is 2.28. The third kappa shape index (κ3) is 5.57. The molecule has 0 bridgehead atoms. The van der Waals surface area contributed by atoms with Gasteiger partial charge in [-0.1, -0.05) is 30.3 Å². The van der Waals surface area contributed by atoms with Gasteiger partial charge in [-0.25, -0.2) is 9.78 Å². The predicted octanol–water partition coefficient (Wildman–Crippen LogP) is 3.31. The van der Waals surface area contributed by atoms with Crippen LogP contribution in [0.15, 0.2) is 40.7 Å². The van der Waals surface area contributed by atoms with Crippen molar-refractivity contribution < 1.29 is 19.4 Å². The van der Waals surface area contributed by atoms with Crippen molar-refractivity contribution in [1.82, 2.24) is 10.3 Å². The summed E-state index contributed by atoms with van der Waals surface area (Å²) >= 11 is 2.87. The number of rotatable bonds is 7. The van der Waals surface area contributed by atoms with E-state index >= 15 is 0 Å². The number of hydrogen-bond acceptors (Lipinski definition) is 6. The molecule has 0 aliphatic heterocycles. The molecule has 1 amide bonds. The monoisotopic (exact) mass is 352 g/mol. The number of aliphatic carboxylic acids is 1. The first kappa shape index (κ1) is 17.3. The number of hydrogen-bond donors (Lipinski definition) is 2. The lowest BCUT2D eigenvalue weighted by atomic mass is 10.2. The Labute approximate surface area is 141 Å². The molecule has 0 saturated carbocycles. The van der Waals surface area contributed by atoms with Crippen molar-refractivity contribution in [2.24, 2.45) is 0 Å². The molecule has 122 valence electrons. The van der Waals surface area contributed by atoms with Gasteiger partial charge in [0.15, 0.2) is 0 Å². The third-order valence-corrected chi connectivity index (χ3v) is 5.05. The molecule has 0 aliphatic carbocycles. The molecule has 2 aromatic rings. The fraction of sp³-hybridized carbons (Fsp3) is 0.267. The van der Waals surface area contributed by atoms with Crippen molar-refractivity contribution in [3.05, 3.63) is 47.1 Å². The molecule has 2 N–H and O–H groups in total. The van der Waals surface area contributed by atoms with Crippen LogP contribution in [0.4, 0.5) is 4.79 Å². The quantitative estimate of drug-likeness (QED) is 0.743. The first-order chi connectivity index (χ1) is 11.1. The smallest absolute Gasteiger partial charge is 0.408 e. The molecule has 6 nitrogen and oxygen atoms in total. The number of ether oxygens (including phenoxy) is 1. The fourth-order valence-corrected chi connectivity index (χ4v) is 3.26. The normalized spacial score (nSPS) is 11.7. The van der Waals surface area contributed by atoms with Gasteiger partial charge in [-0.05, 0) is 11.8 Å². The largest absolute Gasteiger partial charge is 0.481 e. The second-order valence-corrected chi connectivity index (χ2v) is 6.75. The molecule has 0 aliphatic rings. The summed E-state index contributed by atoms with van der Waals surface area (Å²) in [7, 11) is 0. The summed E-state index contributed by atoms with van der Waals surface area (Å²) in [5, 5.41) is 12.1. The average molecular weight is 352 g/mol. The summed E-state index contributed by atoms with van der Waals surface area (Å²) in [5.41, 5.74) is 0.858. The highest BCUT2D eigenvalue weighted by molar-refractivity contribution is 8.00. The lowest BCUT2D eigenvalue weighted by Crippen LogP contribution is -2.30. The summed E-state index contributed by atoms with van der Waals surface area (Å²) in [6.45, 7) is 0.125. The molecule has 23 heavy (non-hydrogen) atoms. The van der Waals surface area contributed by atoms with Crippen molar-refractivity contribution in [3.8, 4) is 0 Å². The van der Waals surface area contributed by atoms with E-state index in [1.807, 2.05) is 36.6 Å². The molecule has 0 radical (unpaired) electrons. The van der Waals surface area contributed by atoms with Crippen LogP contribution < -0.4 is 5.32 Å². The van der Waals surface area contributed by atoms with Crippen LogP contribution in [0.1, 0.15) is 23.0 Å². The third-order valence-electron chi connectivity index (χ3n) is 2.89. The minimum absolute atomic E-state index is 0.125. The van der Waals surface area contributed by atoms with Crippen LogP contribution in [-0.4, -0.2) is 28.4 Å². The maximum Gasteiger partial charge on any atom is 0.408 e. The van der Waals surface area contributed by atoms with Crippen molar-refractivity contribution in [2.45, 2.75) is 23.3 Å². The van der Waals surface area contributed by atoms with Crippen LogP contribution in [0.25, 0.3) is 0 Å². The van der Waals surface area contributed by atoms with E-state index < -0.39 is 18.1 Å². The van der Waals surface area contributed by atoms with E-state index in [-0.39, 0.29) is 13.0 Å². The van der Waals surface area contributed by atoms with E-state index in [0.29, 0.717) is 5.01 Å². The van der Waals surface area contributed by atoms with Crippen LogP contribution >= 0.6 is 23.1 Å². The number of carbonyl (C=O) groups excluding carboxylic acids is 1. The molecule has 0 unspecified atom stereocenters. The van der Waals surface area contributed by atoms with Gasteiger partial charge in [0, 0.05) is 0 Å². The van der Waals surface area contributed by atoms with Crippen LogP contribution in [0.2, 0.25) is 0 Å². The Hall–Kier alpha value is -2.06. The summed E-state index contributed by atoms with van der Waals surface area (Å²) in [5.74, 6) is -1.01. The van der Waals surface area contributed by atoms with E-state index in [0.717, 1.165) is 9.77 Å². The predicted molar refractivity (Wildman–Crippen MR) is 88.7 cm³/mol. The van der Waals surface area contributed by atoms with Gasteiger partial charge in [-0.3, -0.25) is 4.79 Å². The van der Waals surface area contributed by atoms with Crippen LogP contribution in [0.5, 0.6) is 0 Å². The van der Waals surface area contributed by atoms with Gasteiger partial charge in [-0.2, -0.15) is 0 Å². The first-order valence-corrected chi connectivity index (χ1v) is 8.81. The van der Waals surface area contributed by atoms with Crippen LogP contribution in [0.3, 0.4) is 0 Å². The van der Waals surface area contributed by atoms with Gasteiger partial charge < -0.3 is 15.2 Å². The van der Waals surface area contributed by atoms with Crippen LogP contribution in [0, 0.1) is 0 Å². The molecule has 1 atom stereocenters. The van der Waals surface area contributed by atoms with E-state index in [4.69, 9.17) is 9.84 Å². The lowest BCUT2D eigenvalue weighted by molar-refractivity contribution is -0.137. The molecule has 2 rings (SSSR count). The van der Waals surface area contributed by atoms with Gasteiger partial charge in [0.1, 0.15) is 11.6 Å². The number of amides is 1. The Kier molecular flexibility index (Phi) is 6.42. The minimum Gasteiger partial charge on any atom is -0.481 e. The number of aromatic nitrogens is 1. The molecule has 1 aromatic heterocycles. The zero-order valence-electron chi connectivity index (χ0n) is 12.4. The van der Waals surface area contributed by atoms with Gasteiger partial charge in [0.2, 0.25) is 0 Å². The van der Waals surface area contributed by atoms with Gasteiger partial charge in [0.05, 0.1) is 22.9 Å². The van der Waals surface area contributed by atoms with Gasteiger partial charge in [-0.15, -0.1) is 23.1 Å². The number of thioether (sulfide) groups is 1. The molecule has 0 spiro atoms. The van der Waals surface area contributed by atoms with Crippen molar-refractivity contribution in [1.29, 1.82) is 0 Å². The Morgan fingerprint density at radius 3 is 2.74 bits per heavy atom. The summed E-state index contributed by atoms with van der Waals surface area (Å²) < 4.78 is 6.08. The number of carboxylic acid groups (broad SMARTS) is 1. The van der Waals surface area contributed by atoms with Crippen molar-refractivity contribution in [3.63, 3.8) is 0 Å². The van der Waals surface area contributed by atoms with E-state index in [1.165, 1.54) is 23.1 Å². The summed E-state index contributed by atoms with van der Waals surface area (Å²) in [6.07, 6.45) is 2.66. The second-order valence-electron chi connectivity index (χ2n) is 4.58. The van der Waals surface area contributed by atoms with E-state index in [9.17, 15) is 9.59 Å². The lowest BCUT2D eigenvalue weighted by Gasteiger charge is -2.14. The van der Waals surface area contributed by atoms with Crippen molar-refractivity contribution in [2.75, 3.05) is 6.26 Å². The topological polar surface area (TPSA) is 88.5 Å². The number of nitrogens with one attached hydrogen (secondary N) is 1. The standard InChI is InChI=1S/C15H16N2O4S2/c1-22-13-8-16-14(23-13)11(7-12(18)19)17-15(20)21-9-10-5-3-2-4-6-10/h2-6,8,11H,7,9H2,1H3,(H,17,20)(H,18,19)/t11-/m1/s1. The molecule has 0 saturated heterocycles.